The van der Waals surface area contributed by atoms with Crippen molar-refractivity contribution < 1.29 is 0 Å². The van der Waals surface area contributed by atoms with E-state index in [4.69, 9.17) is 0 Å². The summed E-state index contributed by atoms with van der Waals surface area (Å²) in [7, 11) is 6.24. The van der Waals surface area contributed by atoms with Crippen LogP contribution in [0.2, 0.25) is 0 Å². The second kappa shape index (κ2) is 4.77. The smallest absolute Gasteiger partial charge is 0.0455 e. The molecule has 2 nitrogen and oxygen atoms in total. The molecule has 0 amide bonds. The summed E-state index contributed by atoms with van der Waals surface area (Å²) >= 11 is 0. The molecule has 2 unspecified atom stereocenters. The molecule has 0 aliphatic rings. The van der Waals surface area contributed by atoms with Gasteiger partial charge >= 0.3 is 0 Å². The summed E-state index contributed by atoms with van der Waals surface area (Å²) in [5.74, 6) is 0. The van der Waals surface area contributed by atoms with Gasteiger partial charge in [0.1, 0.15) is 0 Å². The van der Waals surface area contributed by atoms with Crippen molar-refractivity contribution in [3.8, 4) is 0 Å². The monoisotopic (exact) mass is 184 g/mol. The van der Waals surface area contributed by atoms with Crippen LogP contribution in [-0.2, 0) is 0 Å². The minimum atomic E-state index is 0.153. The van der Waals surface area contributed by atoms with E-state index in [1.807, 2.05) is 7.05 Å². The van der Waals surface area contributed by atoms with E-state index in [1.54, 1.807) is 0 Å². The van der Waals surface area contributed by atoms with Crippen molar-refractivity contribution in [3.05, 3.63) is 12.2 Å². The number of hydrogen-bond acceptors (Lipinski definition) is 2. The molecule has 0 aromatic carbocycles. The van der Waals surface area contributed by atoms with Gasteiger partial charge in [-0.15, -0.1) is 0 Å². The molecule has 2 atom stereocenters. The van der Waals surface area contributed by atoms with Gasteiger partial charge in [0.2, 0.25) is 0 Å². The number of rotatable bonds is 5. The lowest BCUT2D eigenvalue weighted by atomic mass is 9.84. The molecule has 0 saturated carbocycles. The summed E-state index contributed by atoms with van der Waals surface area (Å²) in [5.41, 5.74) is 1.35. The van der Waals surface area contributed by atoms with E-state index in [9.17, 15) is 0 Å². The third kappa shape index (κ3) is 2.55. The molecule has 0 fully saturated rings. The molecule has 0 spiro atoms. The lowest BCUT2D eigenvalue weighted by Crippen LogP contribution is -2.56. The Kier molecular flexibility index (Phi) is 4.65. The van der Waals surface area contributed by atoms with E-state index in [1.165, 1.54) is 5.57 Å². The van der Waals surface area contributed by atoms with Crippen molar-refractivity contribution in [2.75, 3.05) is 21.1 Å². The quantitative estimate of drug-likeness (QED) is 0.656. The Bertz CT molecular complexity index is 175. The highest BCUT2D eigenvalue weighted by Crippen LogP contribution is 2.24. The summed E-state index contributed by atoms with van der Waals surface area (Å²) in [6.45, 7) is 10.6. The summed E-state index contributed by atoms with van der Waals surface area (Å²) in [5, 5.41) is 3.33. The SMILES string of the molecule is C=C(C)C(NC)C(C)(CC)N(C)C. The normalized spacial score (nSPS) is 18.4. The molecule has 0 radical (unpaired) electrons. The molecule has 0 aromatic heterocycles. The van der Waals surface area contributed by atoms with Crippen LogP contribution < -0.4 is 5.32 Å². The van der Waals surface area contributed by atoms with Gasteiger partial charge in [0, 0.05) is 11.6 Å². The zero-order valence-corrected chi connectivity index (χ0v) is 9.94. The molecule has 0 bridgehead atoms. The maximum Gasteiger partial charge on any atom is 0.0455 e. The number of nitrogens with one attached hydrogen (secondary N) is 1. The predicted octanol–water partition coefficient (Wildman–Crippen LogP) is 1.88. The molecule has 13 heavy (non-hydrogen) atoms. The summed E-state index contributed by atoms with van der Waals surface area (Å²) in [6, 6.07) is 0.354. The maximum absolute atomic E-state index is 4.03. The Morgan fingerprint density at radius 1 is 1.54 bits per heavy atom. The van der Waals surface area contributed by atoms with Gasteiger partial charge in [-0.05, 0) is 41.4 Å². The molecule has 2 heteroatoms. The minimum Gasteiger partial charge on any atom is -0.312 e. The molecule has 0 heterocycles. The van der Waals surface area contributed by atoms with Crippen LogP contribution in [0.1, 0.15) is 27.2 Å². The molecule has 0 aliphatic carbocycles. The largest absolute Gasteiger partial charge is 0.312 e. The summed E-state index contributed by atoms with van der Waals surface area (Å²) in [4.78, 5) is 2.27. The van der Waals surface area contributed by atoms with Crippen molar-refractivity contribution in [3.63, 3.8) is 0 Å². The van der Waals surface area contributed by atoms with Crippen molar-refractivity contribution >= 4 is 0 Å². The summed E-state index contributed by atoms with van der Waals surface area (Å²) in [6.07, 6.45) is 1.11. The molecular weight excluding hydrogens is 160 g/mol. The van der Waals surface area contributed by atoms with Crippen LogP contribution >= 0.6 is 0 Å². The second-order valence-corrected chi connectivity index (χ2v) is 4.17. The average Bonchev–Trinajstić information content (AvgIpc) is 2.04. The third-order valence-electron chi connectivity index (χ3n) is 3.14. The maximum atomic E-state index is 4.03. The topological polar surface area (TPSA) is 15.3 Å². The Hall–Kier alpha value is -0.340. The van der Waals surface area contributed by atoms with Crippen LogP contribution in [0.15, 0.2) is 12.2 Å². The van der Waals surface area contributed by atoms with Crippen LogP contribution in [0.5, 0.6) is 0 Å². The van der Waals surface area contributed by atoms with E-state index >= 15 is 0 Å². The molecule has 1 N–H and O–H groups in total. The predicted molar refractivity (Wildman–Crippen MR) is 60.0 cm³/mol. The van der Waals surface area contributed by atoms with Gasteiger partial charge in [0.15, 0.2) is 0 Å². The molecule has 0 saturated heterocycles. The van der Waals surface area contributed by atoms with E-state index in [0.717, 1.165) is 6.42 Å². The molecule has 0 aliphatic heterocycles. The first-order chi connectivity index (χ1) is 5.90. The first-order valence-electron chi connectivity index (χ1n) is 4.90. The van der Waals surface area contributed by atoms with E-state index in [-0.39, 0.29) is 5.54 Å². The lowest BCUT2D eigenvalue weighted by molar-refractivity contribution is 0.132. The first kappa shape index (κ1) is 12.7. The van der Waals surface area contributed by atoms with Gasteiger partial charge in [-0.1, -0.05) is 19.1 Å². The number of hydrogen-bond donors (Lipinski definition) is 1. The van der Waals surface area contributed by atoms with Crippen LogP contribution in [0.3, 0.4) is 0 Å². The van der Waals surface area contributed by atoms with E-state index < -0.39 is 0 Å². The van der Waals surface area contributed by atoms with Crippen molar-refractivity contribution in [2.24, 2.45) is 0 Å². The Morgan fingerprint density at radius 2 is 2.00 bits per heavy atom. The van der Waals surface area contributed by atoms with E-state index in [2.05, 4.69) is 51.7 Å². The van der Waals surface area contributed by atoms with Gasteiger partial charge in [0.05, 0.1) is 0 Å². The minimum absolute atomic E-state index is 0.153. The third-order valence-corrected chi connectivity index (χ3v) is 3.14. The van der Waals surface area contributed by atoms with Crippen molar-refractivity contribution in [2.45, 2.75) is 38.8 Å². The fourth-order valence-corrected chi connectivity index (χ4v) is 1.87. The highest BCUT2D eigenvalue weighted by Gasteiger charge is 2.33. The van der Waals surface area contributed by atoms with Crippen molar-refractivity contribution in [1.82, 2.24) is 10.2 Å². The highest BCUT2D eigenvalue weighted by atomic mass is 15.2. The zero-order valence-electron chi connectivity index (χ0n) is 9.94. The van der Waals surface area contributed by atoms with Gasteiger partial charge in [-0.25, -0.2) is 0 Å². The van der Waals surface area contributed by atoms with Crippen molar-refractivity contribution in [1.29, 1.82) is 0 Å². The Morgan fingerprint density at radius 3 is 2.08 bits per heavy atom. The number of nitrogens with zero attached hydrogens (tertiary/aromatic N) is 1. The zero-order chi connectivity index (χ0) is 10.6. The van der Waals surface area contributed by atoms with Crippen LogP contribution in [0.25, 0.3) is 0 Å². The highest BCUT2D eigenvalue weighted by molar-refractivity contribution is 5.12. The van der Waals surface area contributed by atoms with E-state index in [0.29, 0.717) is 6.04 Å². The van der Waals surface area contributed by atoms with Gasteiger partial charge in [0.25, 0.3) is 0 Å². The Balaban J connectivity index is 4.80. The molecule has 0 rings (SSSR count). The number of likely N-dealkylation sites (N-methyl/N-ethyl adjacent to an activating group) is 2. The fraction of sp³-hybridized carbons (Fsp3) is 0.818. The van der Waals surface area contributed by atoms with Gasteiger partial charge in [-0.2, -0.15) is 0 Å². The lowest BCUT2D eigenvalue weighted by Gasteiger charge is -2.43. The molecule has 78 valence electrons. The standard InChI is InChI=1S/C11H24N2/c1-8-11(4,13(6)7)10(12-5)9(2)3/h10,12H,2,8H2,1,3-7H3. The fourth-order valence-electron chi connectivity index (χ4n) is 1.87. The van der Waals surface area contributed by atoms with Gasteiger partial charge < -0.3 is 10.2 Å². The van der Waals surface area contributed by atoms with Gasteiger partial charge in [-0.3, -0.25) is 0 Å². The van der Waals surface area contributed by atoms with Crippen LogP contribution in [-0.4, -0.2) is 37.6 Å². The van der Waals surface area contributed by atoms with Crippen LogP contribution in [0.4, 0.5) is 0 Å². The Labute approximate surface area is 83.0 Å². The van der Waals surface area contributed by atoms with Crippen LogP contribution in [0, 0.1) is 0 Å². The molecule has 0 aromatic rings. The second-order valence-electron chi connectivity index (χ2n) is 4.17. The summed E-state index contributed by atoms with van der Waals surface area (Å²) < 4.78 is 0. The molecular formula is C11H24N2. The first-order valence-corrected chi connectivity index (χ1v) is 4.90. The average molecular weight is 184 g/mol.